The van der Waals surface area contributed by atoms with E-state index in [4.69, 9.17) is 36.2 Å². The van der Waals surface area contributed by atoms with Crippen LogP contribution in [0.2, 0.25) is 5.02 Å². The predicted octanol–water partition coefficient (Wildman–Crippen LogP) is 8.74. The van der Waals surface area contributed by atoms with Crippen LogP contribution in [0.15, 0.2) is 59.1 Å². The number of nitrogens with one attached hydrogen (secondary N) is 1. The molecule has 0 radical (unpaired) electrons. The molecule has 2 atom stereocenters. The number of amides is 1. The number of nitrogens with two attached hydrogens (primary N) is 1. The van der Waals surface area contributed by atoms with Crippen molar-refractivity contribution in [2.45, 2.75) is 57.9 Å². The highest BCUT2D eigenvalue weighted by molar-refractivity contribution is 7.23. The van der Waals surface area contributed by atoms with Gasteiger partial charge in [-0.3, -0.25) is 9.78 Å². The summed E-state index contributed by atoms with van der Waals surface area (Å²) in [6.07, 6.45) is 1.99. The number of ether oxygens (including phenoxy) is 2. The predicted molar refractivity (Wildman–Crippen MR) is 199 cm³/mol. The van der Waals surface area contributed by atoms with E-state index in [1.807, 2.05) is 32.0 Å². The van der Waals surface area contributed by atoms with E-state index in [1.165, 1.54) is 18.4 Å². The summed E-state index contributed by atoms with van der Waals surface area (Å²) < 4.78 is 49.5. The van der Waals surface area contributed by atoms with Gasteiger partial charge in [-0.2, -0.15) is 0 Å². The number of aromatic nitrogens is 4. The number of halogens is 3. The lowest BCUT2D eigenvalue weighted by Crippen LogP contribution is -2.28. The lowest BCUT2D eigenvalue weighted by Gasteiger charge is -2.22. The third-order valence-electron chi connectivity index (χ3n) is 9.73. The summed E-state index contributed by atoms with van der Waals surface area (Å²) in [5.74, 6) is -1.82. The smallest absolute Gasteiger partial charge is 0.276 e. The number of hydrogen-bond acceptors (Lipinski definition) is 10. The van der Waals surface area contributed by atoms with Gasteiger partial charge in [-0.1, -0.05) is 43.6 Å². The minimum absolute atomic E-state index is 0.0892. The monoisotopic (exact) mass is 756 g/mol. The lowest BCUT2D eigenvalue weighted by atomic mass is 9.88. The van der Waals surface area contributed by atoms with E-state index in [0.717, 1.165) is 10.9 Å². The van der Waals surface area contributed by atoms with Crippen molar-refractivity contribution < 1.29 is 27.5 Å². The molecule has 3 N–H and O–H groups in total. The third kappa shape index (κ3) is 6.25. The Labute approximate surface area is 312 Å². The van der Waals surface area contributed by atoms with Crippen LogP contribution in [0.3, 0.4) is 0 Å². The number of hydrogen-bond donors (Lipinski definition) is 2. The van der Waals surface area contributed by atoms with E-state index in [1.54, 1.807) is 43.5 Å². The minimum atomic E-state index is -3.11. The second kappa shape index (κ2) is 13.4. The van der Waals surface area contributed by atoms with Crippen LogP contribution < -0.4 is 20.5 Å². The number of carbonyl (C=O) groups excluding carboxylic acids is 1. The van der Waals surface area contributed by atoms with Crippen LogP contribution >= 0.6 is 22.9 Å². The maximum Gasteiger partial charge on any atom is 0.276 e. The molecule has 0 saturated carbocycles. The fourth-order valence-corrected chi connectivity index (χ4v) is 8.80. The summed E-state index contributed by atoms with van der Waals surface area (Å²) in [6.45, 7) is 6.17. The van der Waals surface area contributed by atoms with E-state index < -0.39 is 24.3 Å². The molecule has 0 saturated heterocycles. The zero-order valence-corrected chi connectivity index (χ0v) is 30.9. The summed E-state index contributed by atoms with van der Waals surface area (Å²) in [5.41, 5.74) is 10.5. The number of carbonyl (C=O) groups is 1. The molecule has 6 aromatic rings. The zero-order chi connectivity index (χ0) is 37.2. The first kappa shape index (κ1) is 34.9. The Morgan fingerprint density at radius 2 is 1.96 bits per heavy atom. The van der Waals surface area contributed by atoms with Gasteiger partial charge >= 0.3 is 0 Å². The number of pyridine rings is 2. The highest BCUT2D eigenvalue weighted by Gasteiger charge is 2.49. The van der Waals surface area contributed by atoms with E-state index in [0.29, 0.717) is 85.1 Å². The molecule has 1 aliphatic carbocycles. The fraction of sp³-hybridized carbons (Fsp3) is 0.308. The summed E-state index contributed by atoms with van der Waals surface area (Å²) in [6, 6.07) is 13.0. The molecule has 1 aliphatic heterocycles. The van der Waals surface area contributed by atoms with Crippen LogP contribution in [0.25, 0.3) is 32.0 Å². The number of thiophene rings is 1. The number of alkyl halides is 2. The molecule has 5 heterocycles. The molecule has 0 fully saturated rings. The molecule has 10 nitrogen and oxygen atoms in total. The summed E-state index contributed by atoms with van der Waals surface area (Å²) >= 11 is 7.58. The van der Waals surface area contributed by atoms with Crippen molar-refractivity contribution in [1.82, 2.24) is 20.2 Å². The van der Waals surface area contributed by atoms with Crippen molar-refractivity contribution in [3.8, 4) is 33.4 Å². The third-order valence-corrected chi connectivity index (χ3v) is 11.1. The molecular formula is C39H35ClF2N6O4S. The van der Waals surface area contributed by atoms with Gasteiger partial charge in [0.1, 0.15) is 23.4 Å². The van der Waals surface area contributed by atoms with Crippen LogP contribution in [-0.2, 0) is 19.3 Å². The van der Waals surface area contributed by atoms with Crippen molar-refractivity contribution >= 4 is 44.7 Å². The Kier molecular flexibility index (Phi) is 8.81. The van der Waals surface area contributed by atoms with Gasteiger partial charge in [0.2, 0.25) is 11.8 Å². The van der Waals surface area contributed by atoms with Gasteiger partial charge in [-0.05, 0) is 53.6 Å². The first-order valence-electron chi connectivity index (χ1n) is 17.2. The summed E-state index contributed by atoms with van der Waals surface area (Å²) in [5, 5.41) is 12.9. The fourth-order valence-electron chi connectivity index (χ4n) is 7.47. The largest absolute Gasteiger partial charge is 0.496 e. The molecule has 0 bridgehead atoms. The van der Waals surface area contributed by atoms with Crippen LogP contribution in [-0.4, -0.2) is 45.7 Å². The standard InChI is InChI=1S/C39H35ClF2N6O4S/c1-18(2)12-26-31(36(43)49)33(32(38-48-47-19(3)52-38)27(45-26)13-21-17-51-29-15-22(40)8-9-23(21)29)30-14-20-10-11-44-37(34(20)53-30)46-35-24-6-5-7-28(50-4)25(24)16-39(35,41)42/h5-11,14-15,18,21,35H,12-13,16-17H2,1-4H3,(H2,43,49)(H,44,46)/t21-,35-/m0/s1. The van der Waals surface area contributed by atoms with Crippen molar-refractivity contribution in [2.75, 3.05) is 19.0 Å². The Morgan fingerprint density at radius 3 is 2.70 bits per heavy atom. The number of aryl methyl sites for hydroxylation is 1. The Balaban J connectivity index is 1.32. The number of primary amides is 1. The molecule has 2 aliphatic rings. The van der Waals surface area contributed by atoms with Gasteiger partial charge in [-0.25, -0.2) is 13.8 Å². The van der Waals surface area contributed by atoms with E-state index in [-0.39, 0.29) is 29.1 Å². The van der Waals surface area contributed by atoms with E-state index in [9.17, 15) is 4.79 Å². The number of anilines is 1. The molecule has 4 aromatic heterocycles. The average Bonchev–Trinajstić information content (AvgIpc) is 3.89. The average molecular weight is 757 g/mol. The lowest BCUT2D eigenvalue weighted by molar-refractivity contribution is -0.00734. The number of methoxy groups -OCH3 is 1. The van der Waals surface area contributed by atoms with Crippen LogP contribution in [0.5, 0.6) is 11.5 Å². The van der Waals surface area contributed by atoms with E-state index in [2.05, 4.69) is 20.5 Å². The molecule has 1 amide bonds. The Bertz CT molecular complexity index is 2410. The topological polar surface area (TPSA) is 138 Å². The Hall–Kier alpha value is -5.14. The molecule has 53 heavy (non-hydrogen) atoms. The van der Waals surface area contributed by atoms with Gasteiger partial charge < -0.3 is 24.9 Å². The Morgan fingerprint density at radius 1 is 1.13 bits per heavy atom. The van der Waals surface area contributed by atoms with Crippen molar-refractivity contribution in [3.63, 3.8) is 0 Å². The van der Waals surface area contributed by atoms with Crippen molar-refractivity contribution in [1.29, 1.82) is 0 Å². The highest BCUT2D eigenvalue weighted by Crippen LogP contribution is 2.50. The van der Waals surface area contributed by atoms with Gasteiger partial charge in [0.25, 0.3) is 11.8 Å². The number of benzene rings is 2. The SMILES string of the molecule is COc1cccc2c1CC(F)(F)[C@H]2Nc1nccc2cc(-c3c(C(N)=O)c(CC(C)C)nc(C[C@H]4COc5cc(Cl)ccc54)c3-c3nnc(C)o3)sc12. The number of rotatable bonds is 10. The summed E-state index contributed by atoms with van der Waals surface area (Å²) in [4.78, 5) is 23.9. The number of nitrogens with zero attached hydrogens (tertiary/aromatic N) is 4. The molecule has 8 rings (SSSR count). The molecule has 14 heteroatoms. The van der Waals surface area contributed by atoms with Gasteiger partial charge in [-0.15, -0.1) is 21.5 Å². The molecule has 0 spiro atoms. The second-order valence-electron chi connectivity index (χ2n) is 13.8. The maximum absolute atomic E-state index is 15.7. The van der Waals surface area contributed by atoms with Crippen LogP contribution in [0, 0.1) is 12.8 Å². The van der Waals surface area contributed by atoms with Crippen molar-refractivity contribution in [2.24, 2.45) is 11.7 Å². The first-order chi connectivity index (χ1) is 25.4. The van der Waals surface area contributed by atoms with Gasteiger partial charge in [0.15, 0.2) is 0 Å². The highest BCUT2D eigenvalue weighted by atomic mass is 35.5. The molecular weight excluding hydrogens is 722 g/mol. The van der Waals surface area contributed by atoms with Gasteiger partial charge in [0.05, 0.1) is 40.9 Å². The maximum atomic E-state index is 15.7. The molecule has 0 unspecified atom stereocenters. The zero-order valence-electron chi connectivity index (χ0n) is 29.3. The molecule has 272 valence electrons. The minimum Gasteiger partial charge on any atom is -0.496 e. The van der Waals surface area contributed by atoms with E-state index >= 15 is 8.78 Å². The normalized spacial score (nSPS) is 17.2. The van der Waals surface area contributed by atoms with Crippen LogP contribution in [0.4, 0.5) is 14.6 Å². The van der Waals surface area contributed by atoms with Crippen molar-refractivity contribution in [3.05, 3.63) is 99.3 Å². The van der Waals surface area contributed by atoms with Crippen LogP contribution in [0.1, 0.15) is 70.1 Å². The second-order valence-corrected chi connectivity index (χ2v) is 15.3. The summed E-state index contributed by atoms with van der Waals surface area (Å²) in [7, 11) is 1.47. The molecule has 2 aromatic carbocycles. The first-order valence-corrected chi connectivity index (χ1v) is 18.4. The quantitative estimate of drug-likeness (QED) is 0.141. The van der Waals surface area contributed by atoms with Gasteiger partial charge in [0, 0.05) is 58.5 Å². The number of fused-ring (bicyclic) bond motifs is 3.